The lowest BCUT2D eigenvalue weighted by Gasteiger charge is -2.06. The van der Waals surface area contributed by atoms with Crippen LogP contribution in [-0.4, -0.2) is 32.0 Å². The predicted molar refractivity (Wildman–Crippen MR) is 127 cm³/mol. The first kappa shape index (κ1) is 21.7. The molecular weight excluding hydrogens is 481 g/mol. The van der Waals surface area contributed by atoms with Crippen molar-refractivity contribution in [1.82, 2.24) is 25.3 Å². The van der Waals surface area contributed by atoms with Gasteiger partial charge in [-0.2, -0.15) is 5.10 Å². The predicted octanol–water partition coefficient (Wildman–Crippen LogP) is 4.39. The molecule has 34 heavy (non-hydrogen) atoms. The number of aromatic nitrogens is 4. The zero-order chi connectivity index (χ0) is 23.7. The summed E-state index contributed by atoms with van der Waals surface area (Å²) in [5.41, 5.74) is 10.6. The monoisotopic (exact) mass is 495 g/mol. The van der Waals surface area contributed by atoms with Gasteiger partial charge in [0.15, 0.2) is 17.3 Å². The molecule has 10 nitrogen and oxygen atoms in total. The number of halogens is 2. The van der Waals surface area contributed by atoms with E-state index in [-0.39, 0.29) is 18.1 Å². The quantitative estimate of drug-likeness (QED) is 0.263. The molecule has 12 heteroatoms. The lowest BCUT2D eigenvalue weighted by atomic mass is 10.2. The molecule has 170 valence electrons. The molecule has 0 unspecified atom stereocenters. The molecule has 0 spiro atoms. The van der Waals surface area contributed by atoms with Gasteiger partial charge in [0.1, 0.15) is 18.1 Å². The van der Waals surface area contributed by atoms with Crippen molar-refractivity contribution < 1.29 is 13.8 Å². The minimum Gasteiger partial charge on any atom is -0.455 e. The largest absolute Gasteiger partial charge is 0.455 e. The fourth-order valence-corrected chi connectivity index (χ4v) is 3.77. The van der Waals surface area contributed by atoms with Crippen LogP contribution in [-0.2, 0) is 11.3 Å². The van der Waals surface area contributed by atoms with Crippen molar-refractivity contribution in [2.75, 3.05) is 5.73 Å². The van der Waals surface area contributed by atoms with Crippen LogP contribution in [0, 0.1) is 0 Å². The molecular formula is C22H15Cl2N7O3. The van der Waals surface area contributed by atoms with Crippen LogP contribution in [0.1, 0.15) is 5.76 Å². The van der Waals surface area contributed by atoms with Gasteiger partial charge < -0.3 is 14.7 Å². The van der Waals surface area contributed by atoms with E-state index in [9.17, 15) is 4.79 Å². The Balaban J connectivity index is 1.33. The topological polar surface area (TPSA) is 137 Å². The van der Waals surface area contributed by atoms with Crippen LogP contribution in [0.3, 0.4) is 0 Å². The molecule has 3 aromatic heterocycles. The Kier molecular flexibility index (Phi) is 5.74. The number of rotatable bonds is 6. The summed E-state index contributed by atoms with van der Waals surface area (Å²) in [6.07, 6.45) is 1.38. The smallest absolute Gasteiger partial charge is 0.260 e. The number of hydrogen-bond donors (Lipinski definition) is 2. The average Bonchev–Trinajstić information content (AvgIpc) is 3.55. The number of carbonyl (C=O) groups excluding carboxylic acids is 1. The third-order valence-electron chi connectivity index (χ3n) is 4.91. The van der Waals surface area contributed by atoms with E-state index in [1.165, 1.54) is 6.21 Å². The summed E-state index contributed by atoms with van der Waals surface area (Å²) in [7, 11) is 0. The number of anilines is 1. The number of hydrazone groups is 1. The van der Waals surface area contributed by atoms with Gasteiger partial charge in [0, 0.05) is 5.56 Å². The molecule has 0 aliphatic rings. The zero-order valence-corrected chi connectivity index (χ0v) is 18.8. The van der Waals surface area contributed by atoms with Crippen LogP contribution < -0.4 is 11.2 Å². The fourth-order valence-electron chi connectivity index (χ4n) is 3.37. The number of nitrogens with two attached hydrogens (primary N) is 1. The van der Waals surface area contributed by atoms with Crippen molar-refractivity contribution >= 4 is 52.2 Å². The minimum atomic E-state index is -0.402. The van der Waals surface area contributed by atoms with Crippen LogP contribution in [0.4, 0.5) is 5.82 Å². The SMILES string of the molecule is Nc1nonc1-c1nc2ccccc2n1CC(=O)N/N=C/c1ccc(-c2cccc(Cl)c2Cl)o1. The molecule has 0 aliphatic heterocycles. The Morgan fingerprint density at radius 2 is 1.97 bits per heavy atom. The number of para-hydroxylation sites is 2. The molecule has 5 aromatic rings. The number of nitrogens with zero attached hydrogens (tertiary/aromatic N) is 5. The summed E-state index contributed by atoms with van der Waals surface area (Å²) in [4.78, 5) is 17.1. The van der Waals surface area contributed by atoms with E-state index < -0.39 is 5.91 Å². The van der Waals surface area contributed by atoms with Gasteiger partial charge in [-0.15, -0.1) is 0 Å². The van der Waals surface area contributed by atoms with Gasteiger partial charge in [0.2, 0.25) is 0 Å². The normalized spacial score (nSPS) is 11.5. The highest BCUT2D eigenvalue weighted by atomic mass is 35.5. The first-order valence-corrected chi connectivity index (χ1v) is 10.7. The van der Waals surface area contributed by atoms with Gasteiger partial charge in [0.25, 0.3) is 5.91 Å². The van der Waals surface area contributed by atoms with Crippen molar-refractivity contribution in [3.63, 3.8) is 0 Å². The molecule has 0 fully saturated rings. The molecule has 0 saturated carbocycles. The van der Waals surface area contributed by atoms with E-state index in [0.29, 0.717) is 44.0 Å². The molecule has 3 heterocycles. The summed E-state index contributed by atoms with van der Waals surface area (Å²) in [6.45, 7) is -0.0962. The summed E-state index contributed by atoms with van der Waals surface area (Å²) in [6, 6.07) is 16.0. The Morgan fingerprint density at radius 3 is 2.79 bits per heavy atom. The number of nitrogens with one attached hydrogen (secondary N) is 1. The lowest BCUT2D eigenvalue weighted by molar-refractivity contribution is -0.121. The zero-order valence-electron chi connectivity index (χ0n) is 17.3. The van der Waals surface area contributed by atoms with Gasteiger partial charge >= 0.3 is 0 Å². The van der Waals surface area contributed by atoms with Crippen molar-refractivity contribution in [1.29, 1.82) is 0 Å². The van der Waals surface area contributed by atoms with Gasteiger partial charge in [-0.05, 0) is 46.7 Å². The number of benzene rings is 2. The molecule has 1 amide bonds. The number of amides is 1. The van der Waals surface area contributed by atoms with Crippen LogP contribution in [0.2, 0.25) is 10.0 Å². The molecule has 0 aliphatic carbocycles. The van der Waals surface area contributed by atoms with Crippen LogP contribution >= 0.6 is 23.2 Å². The van der Waals surface area contributed by atoms with E-state index in [1.807, 2.05) is 24.3 Å². The maximum Gasteiger partial charge on any atom is 0.260 e. The van der Waals surface area contributed by atoms with E-state index in [2.05, 4.69) is 30.5 Å². The standard InChI is InChI=1S/C22H15Cl2N7O3/c23-14-5-3-4-13(19(14)24)17-9-8-12(33-17)10-26-28-18(32)11-31-16-7-2-1-6-15(16)27-22(31)20-21(25)30-34-29-20/h1-10H,11H2,(H2,25,30)(H,28,32)/b26-10+. The van der Waals surface area contributed by atoms with E-state index in [4.69, 9.17) is 33.4 Å². The summed E-state index contributed by atoms with van der Waals surface area (Å²) in [5, 5.41) is 12.2. The molecule has 0 atom stereocenters. The number of nitrogen functional groups attached to an aromatic ring is 1. The number of hydrogen-bond acceptors (Lipinski definition) is 8. The second-order valence-corrected chi connectivity index (χ2v) is 7.89. The number of furan rings is 1. The number of imidazole rings is 1. The first-order valence-electron chi connectivity index (χ1n) is 9.91. The van der Waals surface area contributed by atoms with Gasteiger partial charge in [-0.3, -0.25) is 4.79 Å². The fraction of sp³-hybridized carbons (Fsp3) is 0.0455. The van der Waals surface area contributed by atoms with E-state index in [1.54, 1.807) is 34.9 Å². The van der Waals surface area contributed by atoms with E-state index in [0.717, 1.165) is 0 Å². The molecule has 3 N–H and O–H groups in total. The maximum atomic E-state index is 12.6. The molecule has 0 radical (unpaired) electrons. The molecule has 5 rings (SSSR count). The third-order valence-corrected chi connectivity index (χ3v) is 5.73. The Hall–Kier alpha value is -4.15. The average molecular weight is 496 g/mol. The molecule has 0 bridgehead atoms. The van der Waals surface area contributed by atoms with Crippen molar-refractivity contribution in [2.45, 2.75) is 6.54 Å². The third kappa shape index (κ3) is 4.12. The molecule has 0 saturated heterocycles. The second kappa shape index (κ2) is 9.00. The van der Waals surface area contributed by atoms with E-state index >= 15 is 0 Å². The van der Waals surface area contributed by atoms with Crippen LogP contribution in [0.5, 0.6) is 0 Å². The lowest BCUT2D eigenvalue weighted by Crippen LogP contribution is -2.23. The van der Waals surface area contributed by atoms with Crippen molar-refractivity contribution in [2.24, 2.45) is 5.10 Å². The Morgan fingerprint density at radius 1 is 1.12 bits per heavy atom. The van der Waals surface area contributed by atoms with Gasteiger partial charge in [0.05, 0.1) is 27.3 Å². The summed E-state index contributed by atoms with van der Waals surface area (Å²) in [5.74, 6) is 0.965. The summed E-state index contributed by atoms with van der Waals surface area (Å²) < 4.78 is 12.1. The highest BCUT2D eigenvalue weighted by molar-refractivity contribution is 6.43. The highest BCUT2D eigenvalue weighted by Gasteiger charge is 2.20. The highest BCUT2D eigenvalue weighted by Crippen LogP contribution is 2.34. The van der Waals surface area contributed by atoms with Gasteiger partial charge in [-0.1, -0.05) is 41.4 Å². The van der Waals surface area contributed by atoms with Gasteiger partial charge in [-0.25, -0.2) is 15.0 Å². The first-order chi connectivity index (χ1) is 16.5. The molecule has 2 aromatic carbocycles. The second-order valence-electron chi connectivity index (χ2n) is 7.10. The van der Waals surface area contributed by atoms with Crippen LogP contribution in [0.25, 0.3) is 33.9 Å². The number of fused-ring (bicyclic) bond motifs is 1. The Bertz CT molecular complexity index is 1540. The number of carbonyl (C=O) groups is 1. The minimum absolute atomic E-state index is 0.0726. The maximum absolute atomic E-state index is 12.6. The summed E-state index contributed by atoms with van der Waals surface area (Å²) >= 11 is 12.3. The van der Waals surface area contributed by atoms with Crippen molar-refractivity contribution in [3.05, 3.63) is 70.4 Å². The Labute approximate surface area is 201 Å². The van der Waals surface area contributed by atoms with Crippen LogP contribution in [0.15, 0.2) is 68.7 Å². The van der Waals surface area contributed by atoms with Crippen molar-refractivity contribution in [3.8, 4) is 22.8 Å².